The lowest BCUT2D eigenvalue weighted by Gasteiger charge is -2.40. The molecule has 0 aliphatic carbocycles. The number of hydrogen-bond acceptors (Lipinski definition) is 6. The second kappa shape index (κ2) is 7.65. The number of hydrogen-bond donors (Lipinski definition) is 3. The van der Waals surface area contributed by atoms with Crippen LogP contribution in [0.15, 0.2) is 36.5 Å². The van der Waals surface area contributed by atoms with E-state index in [1.807, 2.05) is 0 Å². The maximum absolute atomic E-state index is 13.6. The Bertz CT molecular complexity index is 822. The molecule has 1 aliphatic rings. The second-order valence-electron chi connectivity index (χ2n) is 6.23. The fourth-order valence-electron chi connectivity index (χ4n) is 2.91. The fraction of sp³-hybridized carbons (Fsp3) is 0.389. The topological polar surface area (TPSA) is 92.0 Å². The number of nitrogens with zero attached hydrogens (tertiary/aromatic N) is 1. The summed E-state index contributed by atoms with van der Waals surface area (Å²) in [5, 5.41) is 29.6. The number of alkyl halides is 2. The number of aromatic nitrogens is 1. The molecular formula is C18H18ClF2NO5. The largest absolute Gasteiger partial charge is 0.497 e. The molecule has 3 N–H and O–H groups in total. The third-order valence-corrected chi connectivity index (χ3v) is 4.80. The minimum absolute atomic E-state index is 0.290. The average molecular weight is 402 g/mol. The molecule has 6 nitrogen and oxygen atoms in total. The third-order valence-electron chi connectivity index (χ3n) is 4.43. The highest BCUT2D eigenvalue weighted by molar-refractivity contribution is 6.31. The third kappa shape index (κ3) is 3.90. The number of ether oxygens (including phenoxy) is 2. The predicted molar refractivity (Wildman–Crippen MR) is 91.8 cm³/mol. The molecule has 9 heteroatoms. The Balaban J connectivity index is 1.89. The van der Waals surface area contributed by atoms with Crippen molar-refractivity contribution in [3.05, 3.63) is 58.4 Å². The lowest BCUT2D eigenvalue weighted by molar-refractivity contribution is -0.345. The summed E-state index contributed by atoms with van der Waals surface area (Å²) in [5.74, 6) is -3.36. The molecule has 146 valence electrons. The number of benzene rings is 1. The zero-order chi connectivity index (χ0) is 19.8. The summed E-state index contributed by atoms with van der Waals surface area (Å²) in [5.41, 5.74) is 1.55. The molecule has 2 heterocycles. The summed E-state index contributed by atoms with van der Waals surface area (Å²) in [6.07, 6.45) is -6.38. The Labute approximate surface area is 159 Å². The van der Waals surface area contributed by atoms with Crippen LogP contribution in [0.4, 0.5) is 8.78 Å². The smallest absolute Gasteiger partial charge is 0.325 e. The van der Waals surface area contributed by atoms with Crippen molar-refractivity contribution in [3.63, 3.8) is 0 Å². The van der Waals surface area contributed by atoms with Crippen LogP contribution < -0.4 is 4.74 Å². The molecule has 0 amide bonds. The van der Waals surface area contributed by atoms with Crippen LogP contribution in [-0.4, -0.2) is 51.8 Å². The van der Waals surface area contributed by atoms with E-state index < -0.39 is 30.5 Å². The SMILES string of the molecule is COc1ccnc(Cc2cc([C@@H]3O[C@H](O)C(F)(F)[C@H](O)[C@H]3O)ccc2Cl)c1. The highest BCUT2D eigenvalue weighted by Gasteiger charge is 2.57. The molecule has 4 atom stereocenters. The van der Waals surface area contributed by atoms with Crippen molar-refractivity contribution < 1.29 is 33.6 Å². The van der Waals surface area contributed by atoms with E-state index in [0.29, 0.717) is 34.0 Å². The quantitative estimate of drug-likeness (QED) is 0.726. The highest BCUT2D eigenvalue weighted by Crippen LogP contribution is 2.40. The molecule has 0 saturated carbocycles. The molecule has 27 heavy (non-hydrogen) atoms. The van der Waals surface area contributed by atoms with E-state index >= 15 is 0 Å². The van der Waals surface area contributed by atoms with Crippen LogP contribution in [-0.2, 0) is 11.2 Å². The van der Waals surface area contributed by atoms with E-state index in [1.54, 1.807) is 24.4 Å². The molecule has 3 rings (SSSR count). The molecular weight excluding hydrogens is 384 g/mol. The number of methoxy groups -OCH3 is 1. The average Bonchev–Trinajstić information content (AvgIpc) is 2.65. The van der Waals surface area contributed by atoms with Crippen LogP contribution in [0.2, 0.25) is 5.02 Å². The molecule has 0 spiro atoms. The summed E-state index contributed by atoms with van der Waals surface area (Å²) >= 11 is 6.22. The van der Waals surface area contributed by atoms with E-state index in [-0.39, 0.29) is 0 Å². The van der Waals surface area contributed by atoms with Crippen molar-refractivity contribution in [2.45, 2.75) is 36.9 Å². The molecule has 1 saturated heterocycles. The van der Waals surface area contributed by atoms with Crippen molar-refractivity contribution in [2.75, 3.05) is 7.11 Å². The van der Waals surface area contributed by atoms with Gasteiger partial charge >= 0.3 is 5.92 Å². The van der Waals surface area contributed by atoms with Gasteiger partial charge in [-0.05, 0) is 23.3 Å². The van der Waals surface area contributed by atoms with Gasteiger partial charge in [0.2, 0.25) is 6.29 Å². The lowest BCUT2D eigenvalue weighted by atomic mass is 9.92. The Morgan fingerprint density at radius 1 is 1.22 bits per heavy atom. The monoisotopic (exact) mass is 401 g/mol. The predicted octanol–water partition coefficient (Wildman–Crippen LogP) is 2.08. The second-order valence-corrected chi connectivity index (χ2v) is 6.64. The van der Waals surface area contributed by atoms with E-state index in [4.69, 9.17) is 21.1 Å². The van der Waals surface area contributed by atoms with E-state index in [2.05, 4.69) is 4.98 Å². The fourth-order valence-corrected chi connectivity index (χ4v) is 3.09. The van der Waals surface area contributed by atoms with Gasteiger partial charge in [0.15, 0.2) is 6.10 Å². The number of pyridine rings is 1. The van der Waals surface area contributed by atoms with Gasteiger partial charge < -0.3 is 24.8 Å². The lowest BCUT2D eigenvalue weighted by Crippen LogP contribution is -2.58. The summed E-state index contributed by atoms with van der Waals surface area (Å²) < 4.78 is 37.2. The molecule has 1 aromatic carbocycles. The van der Waals surface area contributed by atoms with Gasteiger partial charge in [0.1, 0.15) is 18.0 Å². The first-order chi connectivity index (χ1) is 12.7. The Morgan fingerprint density at radius 3 is 2.67 bits per heavy atom. The number of rotatable bonds is 4. The van der Waals surface area contributed by atoms with Gasteiger partial charge in [-0.25, -0.2) is 0 Å². The molecule has 2 aromatic rings. The van der Waals surface area contributed by atoms with Gasteiger partial charge in [-0.2, -0.15) is 8.78 Å². The number of aliphatic hydroxyl groups is 3. The normalized spacial score (nSPS) is 27.4. The Morgan fingerprint density at radius 2 is 1.96 bits per heavy atom. The summed E-state index contributed by atoms with van der Waals surface area (Å²) in [7, 11) is 1.53. The van der Waals surface area contributed by atoms with Crippen molar-refractivity contribution in [3.8, 4) is 5.75 Å². The first-order valence-electron chi connectivity index (χ1n) is 8.08. The molecule has 0 unspecified atom stereocenters. The number of aliphatic hydroxyl groups excluding tert-OH is 3. The van der Waals surface area contributed by atoms with Crippen molar-refractivity contribution in [1.82, 2.24) is 4.98 Å². The Kier molecular flexibility index (Phi) is 5.64. The summed E-state index contributed by atoms with van der Waals surface area (Å²) in [4.78, 5) is 4.23. The van der Waals surface area contributed by atoms with Crippen LogP contribution in [0.25, 0.3) is 0 Å². The molecule has 1 fully saturated rings. The molecule has 0 bridgehead atoms. The van der Waals surface area contributed by atoms with Crippen LogP contribution in [0.5, 0.6) is 5.75 Å². The summed E-state index contributed by atoms with van der Waals surface area (Å²) in [6, 6.07) is 7.97. The van der Waals surface area contributed by atoms with Gasteiger partial charge in [-0.1, -0.05) is 23.7 Å². The van der Waals surface area contributed by atoms with E-state index in [1.165, 1.54) is 19.2 Å². The van der Waals surface area contributed by atoms with E-state index in [0.717, 1.165) is 0 Å². The highest BCUT2D eigenvalue weighted by atomic mass is 35.5. The number of halogens is 3. The van der Waals surface area contributed by atoms with Gasteiger partial charge in [0, 0.05) is 29.4 Å². The van der Waals surface area contributed by atoms with Crippen molar-refractivity contribution >= 4 is 11.6 Å². The van der Waals surface area contributed by atoms with E-state index in [9.17, 15) is 24.1 Å². The van der Waals surface area contributed by atoms with Crippen molar-refractivity contribution in [2.24, 2.45) is 0 Å². The minimum Gasteiger partial charge on any atom is -0.497 e. The molecule has 0 radical (unpaired) electrons. The maximum atomic E-state index is 13.6. The van der Waals surface area contributed by atoms with Gasteiger partial charge in [-0.15, -0.1) is 0 Å². The van der Waals surface area contributed by atoms with Gasteiger partial charge in [0.25, 0.3) is 0 Å². The zero-order valence-corrected chi connectivity index (χ0v) is 15.0. The van der Waals surface area contributed by atoms with Crippen LogP contribution >= 0.6 is 11.6 Å². The maximum Gasteiger partial charge on any atom is 0.325 e. The first-order valence-corrected chi connectivity index (χ1v) is 8.46. The standard InChI is InChI=1S/C18H18ClF2NO5/c1-26-12-4-5-22-11(8-12)7-10-6-9(2-3-13(10)19)15-14(23)16(24)18(20,21)17(25)27-15/h2-6,8,14-17,23-25H,7H2,1H3/t14-,15-,16+,17-/m0/s1. The van der Waals surface area contributed by atoms with Gasteiger partial charge in [-0.3, -0.25) is 4.98 Å². The zero-order valence-electron chi connectivity index (χ0n) is 14.2. The van der Waals surface area contributed by atoms with Gasteiger partial charge in [0.05, 0.1) is 7.11 Å². The van der Waals surface area contributed by atoms with Crippen molar-refractivity contribution in [1.29, 1.82) is 0 Å². The van der Waals surface area contributed by atoms with Crippen LogP contribution in [0.3, 0.4) is 0 Å². The Hall–Kier alpha value is -1.84. The molecule has 1 aromatic heterocycles. The first kappa shape index (κ1) is 19.9. The van der Waals surface area contributed by atoms with Crippen LogP contribution in [0.1, 0.15) is 22.9 Å². The minimum atomic E-state index is -3.98. The summed E-state index contributed by atoms with van der Waals surface area (Å²) in [6.45, 7) is 0. The van der Waals surface area contributed by atoms with Crippen LogP contribution in [0, 0.1) is 0 Å². The molecule has 1 aliphatic heterocycles.